The summed E-state index contributed by atoms with van der Waals surface area (Å²) in [5, 5.41) is 18.8. The number of anilines is 1. The molecular formula is C18H13N5O3. The zero-order valence-corrected chi connectivity index (χ0v) is 13.5. The molecule has 0 amide bonds. The van der Waals surface area contributed by atoms with Gasteiger partial charge in [0.25, 0.3) is 5.69 Å². The molecule has 8 heteroatoms. The summed E-state index contributed by atoms with van der Waals surface area (Å²) in [4.78, 5) is 18.7. The molecule has 0 aliphatic heterocycles. The molecule has 26 heavy (non-hydrogen) atoms. The van der Waals surface area contributed by atoms with Crippen molar-refractivity contribution in [3.8, 4) is 11.3 Å². The number of nitrogens with zero attached hydrogens (tertiary/aromatic N) is 4. The summed E-state index contributed by atoms with van der Waals surface area (Å²) in [6.07, 6.45) is 1.37. The van der Waals surface area contributed by atoms with Gasteiger partial charge in [0.1, 0.15) is 17.8 Å². The molecule has 2 aromatic carbocycles. The normalized spacial score (nSPS) is 10.8. The maximum Gasteiger partial charge on any atom is 0.271 e. The summed E-state index contributed by atoms with van der Waals surface area (Å²) < 4.78 is 5.36. The van der Waals surface area contributed by atoms with E-state index in [9.17, 15) is 10.1 Å². The summed E-state index contributed by atoms with van der Waals surface area (Å²) in [7, 11) is 0. The highest BCUT2D eigenvalue weighted by Crippen LogP contribution is 2.24. The molecule has 8 nitrogen and oxygen atoms in total. The number of nitro benzene ring substituents is 1. The van der Waals surface area contributed by atoms with Crippen molar-refractivity contribution in [2.45, 2.75) is 6.54 Å². The number of aromatic nitrogens is 3. The molecule has 2 aromatic heterocycles. The Bertz CT molecular complexity index is 1080. The Kier molecular flexibility index (Phi) is 3.98. The molecule has 0 atom stereocenters. The first kappa shape index (κ1) is 15.7. The van der Waals surface area contributed by atoms with Gasteiger partial charge in [0.2, 0.25) is 0 Å². The Labute approximate surface area is 147 Å². The van der Waals surface area contributed by atoms with E-state index in [4.69, 9.17) is 4.52 Å². The van der Waals surface area contributed by atoms with Crippen molar-refractivity contribution >= 4 is 22.4 Å². The van der Waals surface area contributed by atoms with E-state index in [1.807, 2.05) is 36.4 Å². The van der Waals surface area contributed by atoms with Crippen LogP contribution in [0.25, 0.3) is 22.2 Å². The van der Waals surface area contributed by atoms with Crippen molar-refractivity contribution in [2.24, 2.45) is 0 Å². The van der Waals surface area contributed by atoms with Crippen LogP contribution in [0.2, 0.25) is 0 Å². The topological polar surface area (TPSA) is 107 Å². The van der Waals surface area contributed by atoms with Gasteiger partial charge in [-0.3, -0.25) is 10.1 Å². The summed E-state index contributed by atoms with van der Waals surface area (Å²) in [5.41, 5.74) is 2.22. The Morgan fingerprint density at radius 1 is 1.08 bits per heavy atom. The molecule has 0 aliphatic carbocycles. The Hall–Kier alpha value is -3.81. The first-order valence-corrected chi connectivity index (χ1v) is 7.85. The smallest absolute Gasteiger partial charge is 0.271 e. The van der Waals surface area contributed by atoms with Crippen LogP contribution in [0.5, 0.6) is 0 Å². The van der Waals surface area contributed by atoms with Crippen LogP contribution in [0.4, 0.5) is 11.5 Å². The highest BCUT2D eigenvalue weighted by atomic mass is 16.6. The molecule has 1 N–H and O–H groups in total. The average molecular weight is 347 g/mol. The summed E-state index contributed by atoms with van der Waals surface area (Å²) in [6.45, 7) is 0.378. The van der Waals surface area contributed by atoms with Gasteiger partial charge in [0.05, 0.1) is 17.0 Å². The van der Waals surface area contributed by atoms with Gasteiger partial charge in [-0.2, -0.15) is 0 Å². The number of rotatable bonds is 5. The van der Waals surface area contributed by atoms with Crippen molar-refractivity contribution in [1.29, 1.82) is 0 Å². The number of hydrogen-bond acceptors (Lipinski definition) is 7. The monoisotopic (exact) mass is 347 g/mol. The summed E-state index contributed by atoms with van der Waals surface area (Å²) >= 11 is 0. The quantitative estimate of drug-likeness (QED) is 0.432. The van der Waals surface area contributed by atoms with E-state index in [1.165, 1.54) is 18.5 Å². The molecule has 0 spiro atoms. The van der Waals surface area contributed by atoms with Gasteiger partial charge in [0, 0.05) is 29.1 Å². The predicted molar refractivity (Wildman–Crippen MR) is 95.5 cm³/mol. The lowest BCUT2D eigenvalue weighted by Crippen LogP contribution is -2.02. The van der Waals surface area contributed by atoms with Gasteiger partial charge in [-0.15, -0.1) is 0 Å². The third-order valence-corrected chi connectivity index (χ3v) is 3.89. The highest BCUT2D eigenvalue weighted by molar-refractivity contribution is 5.90. The zero-order valence-electron chi connectivity index (χ0n) is 13.5. The average Bonchev–Trinajstić information content (AvgIpc) is 3.15. The second-order valence-corrected chi connectivity index (χ2v) is 5.58. The molecule has 0 aliphatic rings. The van der Waals surface area contributed by atoms with Crippen LogP contribution in [0.15, 0.2) is 65.4 Å². The molecule has 0 fully saturated rings. The van der Waals surface area contributed by atoms with Crippen LogP contribution in [0.3, 0.4) is 0 Å². The SMILES string of the molecule is O=[N+]([O-])c1ccc2c(NCc3cc(-c4ccccc4)no3)ncnc2c1. The lowest BCUT2D eigenvalue weighted by Gasteiger charge is -2.06. The van der Waals surface area contributed by atoms with Crippen molar-refractivity contribution < 1.29 is 9.45 Å². The Morgan fingerprint density at radius 3 is 2.73 bits per heavy atom. The second kappa shape index (κ2) is 6.60. The van der Waals surface area contributed by atoms with E-state index in [0.29, 0.717) is 29.0 Å². The van der Waals surface area contributed by atoms with Crippen molar-refractivity contribution in [2.75, 3.05) is 5.32 Å². The fraction of sp³-hybridized carbons (Fsp3) is 0.0556. The molecule has 128 valence electrons. The molecule has 2 heterocycles. The third-order valence-electron chi connectivity index (χ3n) is 3.89. The standard InChI is InChI=1S/C18H13N5O3/c24-23(25)13-6-7-15-17(8-13)20-11-21-18(15)19-10-14-9-16(22-26-14)12-4-2-1-3-5-12/h1-9,11H,10H2,(H,19,20,21). The Balaban J connectivity index is 1.55. The summed E-state index contributed by atoms with van der Waals surface area (Å²) in [6, 6.07) is 16.1. The summed E-state index contributed by atoms with van der Waals surface area (Å²) in [5.74, 6) is 1.22. The first-order valence-electron chi connectivity index (χ1n) is 7.85. The molecule has 0 saturated heterocycles. The Morgan fingerprint density at radius 2 is 1.92 bits per heavy atom. The van der Waals surface area contributed by atoms with Gasteiger partial charge in [0.15, 0.2) is 5.76 Å². The minimum absolute atomic E-state index is 0.00936. The maximum atomic E-state index is 10.9. The highest BCUT2D eigenvalue weighted by Gasteiger charge is 2.11. The van der Waals surface area contributed by atoms with Gasteiger partial charge >= 0.3 is 0 Å². The fourth-order valence-electron chi connectivity index (χ4n) is 2.61. The van der Waals surface area contributed by atoms with Crippen molar-refractivity contribution in [1.82, 2.24) is 15.1 Å². The maximum absolute atomic E-state index is 10.9. The first-order chi connectivity index (χ1) is 12.7. The number of nitrogens with one attached hydrogen (secondary N) is 1. The van der Waals surface area contributed by atoms with Crippen LogP contribution >= 0.6 is 0 Å². The molecule has 4 rings (SSSR count). The van der Waals surface area contributed by atoms with E-state index in [0.717, 1.165) is 11.3 Å². The van der Waals surface area contributed by atoms with Gasteiger partial charge in [-0.05, 0) is 6.07 Å². The lowest BCUT2D eigenvalue weighted by molar-refractivity contribution is -0.384. The molecule has 4 aromatic rings. The van der Waals surface area contributed by atoms with Crippen LogP contribution in [0, 0.1) is 10.1 Å². The van der Waals surface area contributed by atoms with Crippen molar-refractivity contribution in [3.05, 3.63) is 76.8 Å². The molecule has 0 unspecified atom stereocenters. The number of benzene rings is 2. The minimum Gasteiger partial charge on any atom is -0.362 e. The van der Waals surface area contributed by atoms with Crippen LogP contribution in [-0.4, -0.2) is 20.0 Å². The van der Waals surface area contributed by atoms with E-state index in [1.54, 1.807) is 6.07 Å². The number of hydrogen-bond donors (Lipinski definition) is 1. The largest absolute Gasteiger partial charge is 0.362 e. The van der Waals surface area contributed by atoms with E-state index >= 15 is 0 Å². The van der Waals surface area contributed by atoms with E-state index in [-0.39, 0.29) is 5.69 Å². The van der Waals surface area contributed by atoms with Crippen LogP contribution < -0.4 is 5.32 Å². The molecular weight excluding hydrogens is 334 g/mol. The number of nitro groups is 1. The van der Waals surface area contributed by atoms with Gasteiger partial charge in [-0.1, -0.05) is 35.5 Å². The number of fused-ring (bicyclic) bond motifs is 1. The fourth-order valence-corrected chi connectivity index (χ4v) is 2.61. The minimum atomic E-state index is -0.450. The molecule has 0 bridgehead atoms. The van der Waals surface area contributed by atoms with E-state index in [2.05, 4.69) is 20.4 Å². The second-order valence-electron chi connectivity index (χ2n) is 5.58. The molecule has 0 saturated carbocycles. The third kappa shape index (κ3) is 3.07. The predicted octanol–water partition coefficient (Wildman–Crippen LogP) is 3.81. The number of non-ortho nitro benzene ring substituents is 1. The van der Waals surface area contributed by atoms with Crippen LogP contribution in [-0.2, 0) is 6.54 Å². The van der Waals surface area contributed by atoms with Gasteiger partial charge in [-0.25, -0.2) is 9.97 Å². The van der Waals surface area contributed by atoms with Crippen LogP contribution in [0.1, 0.15) is 5.76 Å². The zero-order chi connectivity index (χ0) is 17.9. The lowest BCUT2D eigenvalue weighted by atomic mass is 10.1. The van der Waals surface area contributed by atoms with E-state index < -0.39 is 4.92 Å². The van der Waals surface area contributed by atoms with Crippen molar-refractivity contribution in [3.63, 3.8) is 0 Å². The molecule has 0 radical (unpaired) electrons. The van der Waals surface area contributed by atoms with Gasteiger partial charge < -0.3 is 9.84 Å².